The zero-order valence-electron chi connectivity index (χ0n) is 18.3. The van der Waals surface area contributed by atoms with Gasteiger partial charge in [-0.15, -0.1) is 0 Å². The molecule has 1 amide bonds. The Hall–Kier alpha value is -4.46. The Morgan fingerprint density at radius 1 is 0.912 bits per heavy atom. The van der Waals surface area contributed by atoms with Crippen molar-refractivity contribution in [1.29, 1.82) is 0 Å². The first kappa shape index (κ1) is 22.7. The lowest BCUT2D eigenvalue weighted by Gasteiger charge is -2.19. The predicted octanol–water partition coefficient (Wildman–Crippen LogP) is 3.42. The van der Waals surface area contributed by atoms with Gasteiger partial charge in [0.05, 0.1) is 17.5 Å². The number of aliphatic carboxylic acids is 1. The molecule has 1 unspecified atom stereocenters. The molecule has 172 valence electrons. The third-order valence-corrected chi connectivity index (χ3v) is 5.54. The highest BCUT2D eigenvalue weighted by molar-refractivity contribution is 6.08. The first-order chi connectivity index (χ1) is 16.4. The summed E-state index contributed by atoms with van der Waals surface area (Å²) < 4.78 is 1.71. The summed E-state index contributed by atoms with van der Waals surface area (Å²) >= 11 is 0. The molecule has 1 aromatic heterocycles. The van der Waals surface area contributed by atoms with Gasteiger partial charge in [-0.25, -0.2) is 4.98 Å². The molecular formula is C26H24N4O4. The van der Waals surface area contributed by atoms with Gasteiger partial charge in [0.2, 0.25) is 11.9 Å². The average Bonchev–Trinajstić information content (AvgIpc) is 3.20. The Morgan fingerprint density at radius 2 is 1.56 bits per heavy atom. The number of benzene rings is 3. The molecule has 0 spiro atoms. The molecule has 3 aromatic carbocycles. The van der Waals surface area contributed by atoms with E-state index in [0.717, 1.165) is 5.56 Å². The topological polar surface area (TPSA) is 127 Å². The molecule has 0 aliphatic carbocycles. The number of carbonyl (C=O) groups is 3. The van der Waals surface area contributed by atoms with Crippen molar-refractivity contribution in [2.45, 2.75) is 18.9 Å². The van der Waals surface area contributed by atoms with Crippen LogP contribution < -0.4 is 11.1 Å². The van der Waals surface area contributed by atoms with Gasteiger partial charge in [0.15, 0.2) is 5.78 Å². The molecule has 0 aliphatic rings. The number of nitrogens with one attached hydrogen (secondary N) is 1. The molecule has 0 saturated heterocycles. The van der Waals surface area contributed by atoms with Crippen molar-refractivity contribution >= 4 is 34.6 Å². The molecule has 8 nitrogen and oxygen atoms in total. The summed E-state index contributed by atoms with van der Waals surface area (Å²) in [6.45, 7) is 0.153. The number of imidazole rings is 1. The van der Waals surface area contributed by atoms with Gasteiger partial charge in [0.25, 0.3) is 0 Å². The number of fused-ring (bicyclic) bond motifs is 1. The molecule has 0 saturated carbocycles. The van der Waals surface area contributed by atoms with E-state index in [2.05, 4.69) is 10.3 Å². The minimum Gasteiger partial charge on any atom is -0.481 e. The van der Waals surface area contributed by atoms with E-state index in [9.17, 15) is 14.4 Å². The number of hydrogen-bond donors (Lipinski definition) is 3. The molecular weight excluding hydrogens is 432 g/mol. The summed E-state index contributed by atoms with van der Waals surface area (Å²) in [7, 11) is 0. The molecule has 8 heteroatoms. The maximum Gasteiger partial charge on any atom is 0.305 e. The number of amides is 1. The molecule has 0 fully saturated rings. The van der Waals surface area contributed by atoms with Crippen molar-refractivity contribution in [3.05, 3.63) is 95.6 Å². The second-order valence-corrected chi connectivity index (χ2v) is 7.88. The second kappa shape index (κ2) is 9.99. The van der Waals surface area contributed by atoms with Crippen LogP contribution in [0.4, 0.5) is 5.95 Å². The van der Waals surface area contributed by atoms with Crippen LogP contribution in [0.2, 0.25) is 0 Å². The Balaban J connectivity index is 1.62. The number of para-hydroxylation sites is 2. The largest absolute Gasteiger partial charge is 0.481 e. The molecule has 4 N–H and O–H groups in total. The van der Waals surface area contributed by atoms with Gasteiger partial charge in [-0.2, -0.15) is 0 Å². The van der Waals surface area contributed by atoms with Crippen molar-refractivity contribution in [3.63, 3.8) is 0 Å². The number of anilines is 1. The van der Waals surface area contributed by atoms with Crippen LogP contribution in [-0.2, 0) is 16.0 Å². The summed E-state index contributed by atoms with van der Waals surface area (Å²) in [5, 5.41) is 12.0. The molecule has 4 rings (SSSR count). The Bertz CT molecular complexity index is 1330. The van der Waals surface area contributed by atoms with Crippen molar-refractivity contribution in [2.75, 3.05) is 11.9 Å². The van der Waals surface area contributed by atoms with Crippen molar-refractivity contribution in [1.82, 2.24) is 9.55 Å². The van der Waals surface area contributed by atoms with Crippen LogP contribution in [-0.4, -0.2) is 38.9 Å². The first-order valence-electron chi connectivity index (χ1n) is 10.8. The number of ketones is 1. The molecule has 1 atom stereocenters. The number of aromatic nitrogens is 2. The SMILES string of the molecule is NC(=O)C(Cc1ccc(C(=O)c2ccccc2)cc1)n1c(NCCC(=O)O)nc2ccccc21. The highest BCUT2D eigenvalue weighted by Gasteiger charge is 2.24. The normalized spacial score (nSPS) is 11.8. The van der Waals surface area contributed by atoms with Crippen LogP contribution in [0.1, 0.15) is 33.9 Å². The number of hydrogen-bond acceptors (Lipinski definition) is 5. The first-order valence-corrected chi connectivity index (χ1v) is 10.8. The lowest BCUT2D eigenvalue weighted by molar-refractivity contribution is -0.136. The van der Waals surface area contributed by atoms with Gasteiger partial charge in [0.1, 0.15) is 6.04 Å². The zero-order valence-corrected chi connectivity index (χ0v) is 18.3. The van der Waals surface area contributed by atoms with E-state index in [-0.39, 0.29) is 25.2 Å². The van der Waals surface area contributed by atoms with E-state index in [1.165, 1.54) is 0 Å². The van der Waals surface area contributed by atoms with Gasteiger partial charge < -0.3 is 16.2 Å². The third-order valence-electron chi connectivity index (χ3n) is 5.54. The quantitative estimate of drug-likeness (QED) is 0.314. The number of nitrogens with two attached hydrogens (primary N) is 1. The van der Waals surface area contributed by atoms with E-state index in [1.807, 2.05) is 54.6 Å². The fraction of sp³-hybridized carbons (Fsp3) is 0.154. The lowest BCUT2D eigenvalue weighted by atomic mass is 9.99. The number of carbonyl (C=O) groups excluding carboxylic acids is 2. The Kier molecular flexibility index (Phi) is 6.68. The van der Waals surface area contributed by atoms with Gasteiger partial charge in [0, 0.05) is 24.1 Å². The van der Waals surface area contributed by atoms with E-state index in [4.69, 9.17) is 10.8 Å². The fourth-order valence-electron chi connectivity index (χ4n) is 3.86. The van der Waals surface area contributed by atoms with Crippen molar-refractivity contribution in [2.24, 2.45) is 5.73 Å². The van der Waals surface area contributed by atoms with Gasteiger partial charge in [-0.05, 0) is 17.7 Å². The highest BCUT2D eigenvalue weighted by Crippen LogP contribution is 2.27. The van der Waals surface area contributed by atoms with E-state index in [0.29, 0.717) is 28.1 Å². The molecule has 34 heavy (non-hydrogen) atoms. The molecule has 0 bridgehead atoms. The number of primary amides is 1. The Morgan fingerprint density at radius 3 is 2.24 bits per heavy atom. The van der Waals surface area contributed by atoms with Crippen LogP contribution in [0.5, 0.6) is 0 Å². The monoisotopic (exact) mass is 456 g/mol. The number of carboxylic acid groups (broad SMARTS) is 1. The average molecular weight is 457 g/mol. The van der Waals surface area contributed by atoms with Crippen LogP contribution in [0.15, 0.2) is 78.9 Å². The van der Waals surface area contributed by atoms with E-state index < -0.39 is 17.9 Å². The predicted molar refractivity (Wildman–Crippen MR) is 129 cm³/mol. The van der Waals surface area contributed by atoms with Crippen molar-refractivity contribution in [3.8, 4) is 0 Å². The second-order valence-electron chi connectivity index (χ2n) is 7.88. The summed E-state index contributed by atoms with van der Waals surface area (Å²) in [5.41, 5.74) is 9.15. The van der Waals surface area contributed by atoms with Gasteiger partial charge in [-0.3, -0.25) is 19.0 Å². The Labute approximate surface area is 196 Å². The molecule has 0 radical (unpaired) electrons. The van der Waals surface area contributed by atoms with E-state index in [1.54, 1.807) is 28.8 Å². The fourth-order valence-corrected chi connectivity index (χ4v) is 3.86. The maximum absolute atomic E-state index is 12.7. The summed E-state index contributed by atoms with van der Waals surface area (Å²) in [6.07, 6.45) is 0.185. The summed E-state index contributed by atoms with van der Waals surface area (Å²) in [6, 6.07) is 22.7. The molecule has 1 heterocycles. The highest BCUT2D eigenvalue weighted by atomic mass is 16.4. The minimum atomic E-state index is -0.938. The van der Waals surface area contributed by atoms with Gasteiger partial charge in [-0.1, -0.05) is 66.7 Å². The van der Waals surface area contributed by atoms with E-state index >= 15 is 0 Å². The number of carboxylic acids is 1. The maximum atomic E-state index is 12.7. The minimum absolute atomic E-state index is 0.0795. The lowest BCUT2D eigenvalue weighted by Crippen LogP contribution is -2.29. The van der Waals surface area contributed by atoms with Crippen LogP contribution in [0.3, 0.4) is 0 Å². The van der Waals surface area contributed by atoms with Gasteiger partial charge >= 0.3 is 5.97 Å². The van der Waals surface area contributed by atoms with Crippen LogP contribution >= 0.6 is 0 Å². The zero-order chi connectivity index (χ0) is 24.1. The smallest absolute Gasteiger partial charge is 0.305 e. The standard InChI is InChI=1S/C26H24N4O4/c27-25(34)22(16-17-10-12-19(13-11-17)24(33)18-6-2-1-3-7-18)30-21-9-5-4-8-20(21)29-26(30)28-15-14-23(31)32/h1-13,22H,14-16H2,(H2,27,34)(H,28,29)(H,31,32). The summed E-state index contributed by atoms with van der Waals surface area (Å²) in [5.74, 6) is -1.19. The van der Waals surface area contributed by atoms with Crippen molar-refractivity contribution < 1.29 is 19.5 Å². The number of rotatable bonds is 10. The molecule has 0 aliphatic heterocycles. The third kappa shape index (κ3) is 4.96. The van der Waals surface area contributed by atoms with Crippen LogP contribution in [0.25, 0.3) is 11.0 Å². The summed E-state index contributed by atoms with van der Waals surface area (Å²) in [4.78, 5) is 40.7. The van der Waals surface area contributed by atoms with Crippen LogP contribution in [0, 0.1) is 0 Å². The molecule has 4 aromatic rings. The number of nitrogens with zero attached hydrogens (tertiary/aromatic N) is 2.